The Morgan fingerprint density at radius 2 is 1.57 bits per heavy atom. The minimum atomic E-state index is 1.32. The molecule has 0 amide bonds. The van der Waals surface area contributed by atoms with E-state index < -0.39 is 0 Å². The summed E-state index contributed by atoms with van der Waals surface area (Å²) in [6.45, 7) is 2.08. The van der Waals surface area contributed by atoms with Crippen LogP contribution in [-0.4, -0.2) is 0 Å². The van der Waals surface area contributed by atoms with Gasteiger partial charge in [0.1, 0.15) is 0 Å². The summed E-state index contributed by atoms with van der Waals surface area (Å²) in [7, 11) is 0. The van der Waals surface area contributed by atoms with Crippen molar-refractivity contribution in [1.29, 1.82) is 0 Å². The third-order valence-electron chi connectivity index (χ3n) is 0.940. The fourth-order valence-electron chi connectivity index (χ4n) is 0.534. The van der Waals surface area contributed by atoms with E-state index in [4.69, 9.17) is 0 Å². The van der Waals surface area contributed by atoms with E-state index in [0.717, 1.165) is 0 Å². The van der Waals surface area contributed by atoms with E-state index in [9.17, 15) is 0 Å². The summed E-state index contributed by atoms with van der Waals surface area (Å²) in [6.07, 6.45) is 0. The van der Waals surface area contributed by atoms with Crippen molar-refractivity contribution in [2.75, 3.05) is 0 Å². The molecule has 0 N–H and O–H groups in total. The van der Waals surface area contributed by atoms with E-state index >= 15 is 0 Å². The van der Waals surface area contributed by atoms with Gasteiger partial charge < -0.3 is 0 Å². The smallest absolute Gasteiger partial charge is 0.0398 e. The first-order chi connectivity index (χ1) is 3.39. The molecule has 0 aromatic heterocycles. The van der Waals surface area contributed by atoms with E-state index in [1.54, 1.807) is 0 Å². The van der Waals surface area contributed by atoms with Crippen LogP contribution in [0.25, 0.3) is 0 Å². The van der Waals surface area contributed by atoms with Crippen molar-refractivity contribution in [2.24, 2.45) is 0 Å². The summed E-state index contributed by atoms with van der Waals surface area (Å²) >= 11 is 0. The van der Waals surface area contributed by atoms with Gasteiger partial charge in [-0.25, -0.2) is 0 Å². The molecule has 0 saturated carbocycles. The van der Waals surface area contributed by atoms with Crippen LogP contribution in [0.4, 0.5) is 0 Å². The highest BCUT2D eigenvalue weighted by Gasteiger charge is 1.72. The van der Waals surface area contributed by atoms with Crippen LogP contribution >= 0.6 is 0 Å². The fraction of sp³-hybridized carbons (Fsp3) is 0.143. The topological polar surface area (TPSA) is 0 Å². The van der Waals surface area contributed by atoms with E-state index in [-0.39, 0.29) is 0 Å². The molecule has 0 heteroatoms. The first kappa shape index (κ1) is 4.38. The van der Waals surface area contributed by atoms with Gasteiger partial charge in [0.05, 0.1) is 0 Å². The molecule has 0 spiro atoms. The number of hydrogen-bond acceptors (Lipinski definition) is 0. The Hall–Kier alpha value is -0.780. The van der Waals surface area contributed by atoms with Crippen molar-refractivity contribution < 1.29 is 0 Å². The van der Waals surface area contributed by atoms with Crippen molar-refractivity contribution in [3.8, 4) is 0 Å². The minimum Gasteiger partial charge on any atom is -0.0622 e. The third kappa shape index (κ3) is 1.04. The Morgan fingerprint density at radius 1 is 1.00 bits per heavy atom. The predicted octanol–water partition coefficient (Wildman–Crippen LogP) is 2.00. The van der Waals surface area contributed by atoms with Crippen molar-refractivity contribution >= 4 is 0 Å². The van der Waals surface area contributed by atoms with Crippen LogP contribution in [0, 0.1) is 6.92 Å². The third-order valence-corrected chi connectivity index (χ3v) is 0.940. The van der Waals surface area contributed by atoms with Gasteiger partial charge >= 0.3 is 0 Å². The predicted molar refractivity (Wildman–Crippen MR) is 31.2 cm³/mol. The van der Waals surface area contributed by atoms with Gasteiger partial charge in [-0.05, 0) is 6.92 Å². The zero-order valence-electron chi connectivity index (χ0n) is 4.39. The molecule has 0 aliphatic heterocycles. The quantitative estimate of drug-likeness (QED) is 0.460. The molecule has 36 valence electrons. The second kappa shape index (κ2) is 1.78. The molecule has 0 radical (unpaired) electrons. The zero-order valence-corrected chi connectivity index (χ0v) is 4.39. The second-order valence-corrected chi connectivity index (χ2v) is 1.65. The largest absolute Gasteiger partial charge is 0.0622 e. The molecular weight excluding hydrogens is 85.1 g/mol. The summed E-state index contributed by atoms with van der Waals surface area (Å²) in [5, 5.41) is 0. The van der Waals surface area contributed by atoms with Gasteiger partial charge in [-0.15, -0.1) is 0 Å². The number of benzene rings is 1. The highest BCUT2D eigenvalue weighted by Crippen LogP contribution is 1.92. The number of aryl methyl sites for hydroxylation is 1. The molecule has 0 nitrogen and oxygen atoms in total. The fourth-order valence-corrected chi connectivity index (χ4v) is 0.534. The van der Waals surface area contributed by atoms with Crippen molar-refractivity contribution in [2.45, 2.75) is 6.92 Å². The normalized spacial score (nSPS) is 8.71. The Balaban J connectivity index is 3.02. The molecule has 1 rings (SSSR count). The minimum absolute atomic E-state index is 1.32. The van der Waals surface area contributed by atoms with Crippen molar-refractivity contribution in [3.05, 3.63) is 35.9 Å². The van der Waals surface area contributed by atoms with Gasteiger partial charge in [0, 0.05) is 0 Å². The van der Waals surface area contributed by atoms with E-state index in [0.29, 0.717) is 0 Å². The lowest BCUT2D eigenvalue weighted by atomic mass is 10.3. The zero-order chi connectivity index (χ0) is 5.11. The van der Waals surface area contributed by atoms with Gasteiger partial charge in [0.15, 0.2) is 0 Å². The molecular formula is C7H8. The lowest BCUT2D eigenvalue weighted by Gasteiger charge is -1.82. The van der Waals surface area contributed by atoms with Crippen LogP contribution < -0.4 is 0 Å². The summed E-state index contributed by atoms with van der Waals surface area (Å²) in [5.74, 6) is 0. The van der Waals surface area contributed by atoms with E-state index in [1.807, 2.05) is 18.2 Å². The molecule has 0 unspecified atom stereocenters. The van der Waals surface area contributed by atoms with Crippen molar-refractivity contribution in [1.82, 2.24) is 0 Å². The lowest BCUT2D eigenvalue weighted by Crippen LogP contribution is -1.62. The lowest BCUT2D eigenvalue weighted by molar-refractivity contribution is 1.48. The highest BCUT2D eigenvalue weighted by atomic mass is 14.0. The van der Waals surface area contributed by atoms with Gasteiger partial charge in [-0.1, -0.05) is 35.9 Å². The van der Waals surface area contributed by atoms with Crippen LogP contribution in [0.3, 0.4) is 0 Å². The molecule has 0 aliphatic carbocycles. The summed E-state index contributed by atoms with van der Waals surface area (Å²) < 4.78 is 0. The standard InChI is InChI=1S/C7H8/c1-7-5-3-2-4-6-7/h2-6H,1H3/i2+1. The second-order valence-electron chi connectivity index (χ2n) is 1.65. The maximum absolute atomic E-state index is 2.08. The SMILES string of the molecule is Cc1cc[13cH]cc1. The van der Waals surface area contributed by atoms with Crippen LogP contribution in [0.1, 0.15) is 5.56 Å². The monoisotopic (exact) mass is 93.1 g/mol. The van der Waals surface area contributed by atoms with Gasteiger partial charge in [-0.2, -0.15) is 0 Å². The molecule has 0 aliphatic rings. The summed E-state index contributed by atoms with van der Waals surface area (Å²) in [4.78, 5) is 0. The Bertz CT molecular complexity index is 130. The Kier molecular flexibility index (Phi) is 1.12. The van der Waals surface area contributed by atoms with Gasteiger partial charge in [0.2, 0.25) is 0 Å². The molecule has 0 bridgehead atoms. The first-order valence-electron chi connectivity index (χ1n) is 2.41. The van der Waals surface area contributed by atoms with Crippen LogP contribution in [0.2, 0.25) is 0 Å². The molecule has 0 heterocycles. The van der Waals surface area contributed by atoms with Gasteiger partial charge in [0.25, 0.3) is 0 Å². The van der Waals surface area contributed by atoms with Gasteiger partial charge in [-0.3, -0.25) is 0 Å². The average molecular weight is 93.1 g/mol. The number of rotatable bonds is 0. The van der Waals surface area contributed by atoms with Crippen LogP contribution in [0.15, 0.2) is 30.3 Å². The Morgan fingerprint density at radius 3 is 1.86 bits per heavy atom. The van der Waals surface area contributed by atoms with Crippen LogP contribution in [-0.2, 0) is 0 Å². The molecule has 0 fully saturated rings. The molecule has 0 saturated heterocycles. The molecule has 7 heavy (non-hydrogen) atoms. The molecule has 1 aromatic rings. The average Bonchev–Trinajstić information content (AvgIpc) is 1.69. The molecule has 1 aromatic carbocycles. The maximum Gasteiger partial charge on any atom is -0.0398 e. The first-order valence-corrected chi connectivity index (χ1v) is 2.41. The van der Waals surface area contributed by atoms with E-state index in [1.165, 1.54) is 5.56 Å². The van der Waals surface area contributed by atoms with E-state index in [2.05, 4.69) is 19.1 Å². The van der Waals surface area contributed by atoms with Crippen molar-refractivity contribution in [3.63, 3.8) is 0 Å². The Labute approximate surface area is 43.8 Å². The highest BCUT2D eigenvalue weighted by molar-refractivity contribution is 5.11. The maximum atomic E-state index is 2.08. The summed E-state index contributed by atoms with van der Waals surface area (Å²) in [5.41, 5.74) is 1.32. The van der Waals surface area contributed by atoms with Crippen LogP contribution in [0.5, 0.6) is 0 Å². The number of hydrogen-bond donors (Lipinski definition) is 0. The molecule has 0 atom stereocenters. The summed E-state index contributed by atoms with van der Waals surface area (Å²) in [6, 6.07) is 10.3.